The van der Waals surface area contributed by atoms with E-state index in [1.165, 1.54) is 16.1 Å². The van der Waals surface area contributed by atoms with Crippen LogP contribution in [-0.2, 0) is 4.79 Å². The van der Waals surface area contributed by atoms with Crippen LogP contribution in [-0.4, -0.2) is 27.6 Å². The van der Waals surface area contributed by atoms with E-state index in [0.717, 1.165) is 11.4 Å². The molecule has 0 saturated heterocycles. The molecule has 0 saturated carbocycles. The van der Waals surface area contributed by atoms with Crippen LogP contribution in [0.5, 0.6) is 0 Å². The quantitative estimate of drug-likeness (QED) is 0.763. The number of anilines is 3. The van der Waals surface area contributed by atoms with E-state index in [4.69, 9.17) is 0 Å². The average Bonchev–Trinajstić information content (AvgIpc) is 3.11. The first-order valence-corrected chi connectivity index (χ1v) is 8.41. The van der Waals surface area contributed by atoms with Crippen LogP contribution in [0.25, 0.3) is 0 Å². The normalized spacial score (nSPS) is 12.4. The Labute approximate surface area is 143 Å². The van der Waals surface area contributed by atoms with Crippen molar-refractivity contribution in [3.63, 3.8) is 0 Å². The maximum absolute atomic E-state index is 12.1. The van der Waals surface area contributed by atoms with E-state index < -0.39 is 0 Å². The second-order valence-corrected chi connectivity index (χ2v) is 6.41. The molecule has 0 aliphatic carbocycles. The Morgan fingerprint density at radius 1 is 1.08 bits per heavy atom. The molecule has 3 aromatic rings. The van der Waals surface area contributed by atoms with Crippen molar-refractivity contribution < 1.29 is 4.79 Å². The van der Waals surface area contributed by atoms with E-state index in [1.54, 1.807) is 11.8 Å². The van der Waals surface area contributed by atoms with E-state index in [1.807, 2.05) is 24.3 Å². The van der Waals surface area contributed by atoms with Crippen molar-refractivity contribution in [3.05, 3.63) is 54.9 Å². The van der Waals surface area contributed by atoms with Crippen LogP contribution in [0.15, 0.2) is 64.6 Å². The molecule has 2 N–H and O–H groups in total. The topological polar surface area (TPSA) is 73.9 Å². The highest BCUT2D eigenvalue weighted by Gasteiger charge is 2.23. The van der Waals surface area contributed by atoms with E-state index in [0.29, 0.717) is 18.9 Å². The summed E-state index contributed by atoms with van der Waals surface area (Å²) in [5, 5.41) is 9.06. The lowest BCUT2D eigenvalue weighted by Crippen LogP contribution is -2.26. The number of nitrogens with one attached hydrogen (secondary N) is 2. The summed E-state index contributed by atoms with van der Waals surface area (Å²) < 4.78 is 0. The second kappa shape index (κ2) is 6.37. The van der Waals surface area contributed by atoms with Crippen molar-refractivity contribution in [2.45, 2.75) is 16.2 Å². The Morgan fingerprint density at radius 2 is 1.75 bits per heavy atom. The van der Waals surface area contributed by atoms with Gasteiger partial charge in [-0.05, 0) is 24.3 Å². The maximum atomic E-state index is 12.1. The molecular weight excluding hydrogens is 322 g/mol. The number of amides is 1. The summed E-state index contributed by atoms with van der Waals surface area (Å²) in [5.74, 6) is 0.273. The fourth-order valence-electron chi connectivity index (χ4n) is 2.70. The Bertz CT molecular complexity index is 819. The smallest absolute Gasteiger partial charge is 0.228 e. The van der Waals surface area contributed by atoms with Crippen molar-refractivity contribution in [2.75, 3.05) is 16.8 Å². The van der Waals surface area contributed by atoms with Crippen LogP contribution in [0.2, 0.25) is 0 Å². The van der Waals surface area contributed by atoms with Crippen molar-refractivity contribution in [2.24, 2.45) is 0 Å². The largest absolute Gasteiger partial charge is 0.339 e. The number of H-pyrrole nitrogens is 1. The van der Waals surface area contributed by atoms with Gasteiger partial charge in [-0.25, -0.2) is 5.10 Å². The number of aromatic nitrogens is 3. The van der Waals surface area contributed by atoms with Crippen LogP contribution < -0.4 is 10.2 Å². The monoisotopic (exact) mass is 337 g/mol. The standard InChI is InChI=1S/C17H15N5OS/c23-16(20-17-18-11-19-21-17)9-10-22-12-5-1-3-7-14(12)24-15-8-4-2-6-13(15)22/h1-8,11H,9-10H2,(H2,18,19,20,21,23). The summed E-state index contributed by atoms with van der Waals surface area (Å²) in [6.45, 7) is 0.592. The summed E-state index contributed by atoms with van der Waals surface area (Å²) in [7, 11) is 0. The van der Waals surface area contributed by atoms with E-state index >= 15 is 0 Å². The van der Waals surface area contributed by atoms with Gasteiger partial charge >= 0.3 is 0 Å². The fraction of sp³-hybridized carbons (Fsp3) is 0.118. The summed E-state index contributed by atoms with van der Waals surface area (Å²) in [4.78, 5) is 20.7. The van der Waals surface area contributed by atoms with E-state index in [-0.39, 0.29) is 5.91 Å². The van der Waals surface area contributed by atoms with Gasteiger partial charge in [-0.3, -0.25) is 10.1 Å². The van der Waals surface area contributed by atoms with Crippen molar-refractivity contribution in [1.29, 1.82) is 0 Å². The minimum atomic E-state index is -0.0973. The average molecular weight is 337 g/mol. The molecule has 0 atom stereocenters. The first kappa shape index (κ1) is 14.8. The summed E-state index contributed by atoms with van der Waals surface area (Å²) in [5.41, 5.74) is 2.27. The molecule has 2 aromatic carbocycles. The predicted molar refractivity (Wildman–Crippen MR) is 93.6 cm³/mol. The van der Waals surface area contributed by atoms with Gasteiger partial charge < -0.3 is 4.90 Å². The number of aromatic amines is 1. The minimum Gasteiger partial charge on any atom is -0.339 e. The Morgan fingerprint density at radius 3 is 2.38 bits per heavy atom. The third kappa shape index (κ3) is 2.85. The number of rotatable bonds is 4. The lowest BCUT2D eigenvalue weighted by molar-refractivity contribution is -0.116. The highest BCUT2D eigenvalue weighted by atomic mass is 32.2. The van der Waals surface area contributed by atoms with Gasteiger partial charge in [0.15, 0.2) is 0 Å². The van der Waals surface area contributed by atoms with Crippen LogP contribution in [0.3, 0.4) is 0 Å². The number of nitrogens with zero attached hydrogens (tertiary/aromatic N) is 3. The third-order valence-corrected chi connectivity index (χ3v) is 4.90. The molecule has 0 unspecified atom stereocenters. The highest BCUT2D eigenvalue weighted by Crippen LogP contribution is 2.47. The molecular formula is C17H15N5OS. The van der Waals surface area contributed by atoms with Gasteiger partial charge in [0.2, 0.25) is 11.9 Å². The van der Waals surface area contributed by atoms with Gasteiger partial charge in [-0.2, -0.15) is 10.1 Å². The van der Waals surface area contributed by atoms with Crippen molar-refractivity contribution >= 4 is 35.0 Å². The molecule has 0 fully saturated rings. The minimum absolute atomic E-state index is 0.0973. The van der Waals surface area contributed by atoms with Crippen LogP contribution >= 0.6 is 11.8 Å². The lowest BCUT2D eigenvalue weighted by atomic mass is 10.2. The summed E-state index contributed by atoms with van der Waals surface area (Å²) in [6, 6.07) is 16.5. The van der Waals surface area contributed by atoms with E-state index in [9.17, 15) is 4.79 Å². The van der Waals surface area contributed by atoms with Crippen molar-refractivity contribution in [3.8, 4) is 0 Å². The molecule has 1 amide bonds. The molecule has 4 rings (SSSR count). The van der Waals surface area contributed by atoms with Crippen molar-refractivity contribution in [1.82, 2.24) is 15.2 Å². The lowest BCUT2D eigenvalue weighted by Gasteiger charge is -2.32. The van der Waals surface area contributed by atoms with Gasteiger partial charge in [0, 0.05) is 22.8 Å². The molecule has 0 bridgehead atoms. The molecule has 1 aliphatic rings. The number of hydrogen-bond acceptors (Lipinski definition) is 5. The van der Waals surface area contributed by atoms with Gasteiger partial charge in [-0.15, -0.1) is 0 Å². The van der Waals surface area contributed by atoms with Gasteiger partial charge in [0.05, 0.1) is 11.4 Å². The molecule has 120 valence electrons. The van der Waals surface area contributed by atoms with Crippen LogP contribution in [0.4, 0.5) is 17.3 Å². The first-order valence-electron chi connectivity index (χ1n) is 7.60. The third-order valence-electron chi connectivity index (χ3n) is 3.77. The number of benzene rings is 2. The zero-order chi connectivity index (χ0) is 16.4. The van der Waals surface area contributed by atoms with Crippen LogP contribution in [0, 0.1) is 0 Å². The number of carbonyl (C=O) groups is 1. The number of carbonyl (C=O) groups excluding carboxylic acids is 1. The van der Waals surface area contributed by atoms with Gasteiger partial charge in [0.25, 0.3) is 0 Å². The van der Waals surface area contributed by atoms with Gasteiger partial charge in [-0.1, -0.05) is 36.0 Å². The molecule has 1 aromatic heterocycles. The number of hydrogen-bond donors (Lipinski definition) is 2. The molecule has 1 aliphatic heterocycles. The molecule has 6 nitrogen and oxygen atoms in total. The Kier molecular flexibility index (Phi) is 3.92. The second-order valence-electron chi connectivity index (χ2n) is 5.32. The maximum Gasteiger partial charge on any atom is 0.228 e. The first-order chi connectivity index (χ1) is 11.8. The highest BCUT2D eigenvalue weighted by molar-refractivity contribution is 7.99. The SMILES string of the molecule is O=C(CCN1c2ccccc2Sc2ccccc21)Nc1ncn[nH]1. The van der Waals surface area contributed by atoms with Gasteiger partial charge in [0.1, 0.15) is 6.33 Å². The predicted octanol–water partition coefficient (Wildman–Crippen LogP) is 3.44. The molecule has 7 heteroatoms. The number of fused-ring (bicyclic) bond motifs is 2. The fourth-order valence-corrected chi connectivity index (χ4v) is 3.79. The van der Waals surface area contributed by atoms with Crippen LogP contribution in [0.1, 0.15) is 6.42 Å². The molecule has 0 spiro atoms. The Hall–Kier alpha value is -2.80. The van der Waals surface area contributed by atoms with E-state index in [2.05, 4.69) is 49.7 Å². The summed E-state index contributed by atoms with van der Waals surface area (Å²) >= 11 is 1.76. The molecule has 0 radical (unpaired) electrons. The summed E-state index contributed by atoms with van der Waals surface area (Å²) in [6.07, 6.45) is 1.72. The number of para-hydroxylation sites is 2. The molecule has 24 heavy (non-hydrogen) atoms. The zero-order valence-electron chi connectivity index (χ0n) is 12.8. The Balaban J connectivity index is 1.55. The zero-order valence-corrected chi connectivity index (χ0v) is 13.6. The molecule has 2 heterocycles.